The lowest BCUT2D eigenvalue weighted by Gasteiger charge is -2.03. The molecule has 1 aromatic heterocycles. The van der Waals surface area contributed by atoms with Gasteiger partial charge >= 0.3 is 0 Å². The zero-order valence-corrected chi connectivity index (χ0v) is 10.9. The van der Waals surface area contributed by atoms with Gasteiger partial charge in [0.15, 0.2) is 0 Å². The molecule has 0 saturated heterocycles. The first-order valence-electron chi connectivity index (χ1n) is 4.92. The lowest BCUT2D eigenvalue weighted by molar-refractivity contribution is 0.789. The van der Waals surface area contributed by atoms with Crippen molar-refractivity contribution in [3.05, 3.63) is 22.8 Å². The van der Waals surface area contributed by atoms with Crippen LogP contribution in [0.15, 0.2) is 27.9 Å². The van der Waals surface area contributed by atoms with E-state index in [0.29, 0.717) is 5.69 Å². The van der Waals surface area contributed by atoms with E-state index < -0.39 is 0 Å². The van der Waals surface area contributed by atoms with Crippen molar-refractivity contribution in [3.8, 4) is 12.1 Å². The van der Waals surface area contributed by atoms with Crippen LogP contribution in [0.25, 0.3) is 10.9 Å². The molecule has 0 atom stereocenters. The molecule has 0 unspecified atom stereocenters. The molecular formula is C11H7BrN6. The Kier molecular flexibility index (Phi) is 3.26. The third kappa shape index (κ3) is 2.04. The van der Waals surface area contributed by atoms with Gasteiger partial charge < -0.3 is 0 Å². The van der Waals surface area contributed by atoms with E-state index in [1.54, 1.807) is 29.9 Å². The molecule has 0 aliphatic rings. The van der Waals surface area contributed by atoms with Crippen molar-refractivity contribution in [2.45, 2.75) is 0 Å². The van der Waals surface area contributed by atoms with E-state index in [0.717, 1.165) is 15.5 Å². The molecular weight excluding hydrogens is 296 g/mol. The summed E-state index contributed by atoms with van der Waals surface area (Å²) in [4.78, 5) is 0. The Morgan fingerprint density at radius 3 is 2.83 bits per heavy atom. The number of fused-ring (bicyclic) bond motifs is 1. The lowest BCUT2D eigenvalue weighted by Crippen LogP contribution is -1.99. The minimum Gasteiger partial charge on any atom is -0.274 e. The van der Waals surface area contributed by atoms with Crippen LogP contribution in [0.3, 0.4) is 0 Å². The number of halogens is 1. The number of nitrogens with zero attached hydrogens (tertiary/aromatic N) is 5. The number of aromatic nitrogens is 2. The molecule has 0 aliphatic heterocycles. The quantitative estimate of drug-likeness (QED) is 0.680. The number of hydrogen-bond donors (Lipinski definition) is 1. The molecule has 1 aromatic carbocycles. The van der Waals surface area contributed by atoms with Gasteiger partial charge in [0.2, 0.25) is 5.71 Å². The highest BCUT2D eigenvalue weighted by Gasteiger charge is 2.09. The number of para-hydroxylation sites is 1. The van der Waals surface area contributed by atoms with Crippen molar-refractivity contribution in [3.63, 3.8) is 0 Å². The molecule has 1 heterocycles. The van der Waals surface area contributed by atoms with Crippen molar-refractivity contribution >= 4 is 38.2 Å². The second kappa shape index (κ2) is 4.86. The molecule has 2 aromatic rings. The van der Waals surface area contributed by atoms with E-state index in [1.807, 2.05) is 12.1 Å². The second-order valence-corrected chi connectivity index (χ2v) is 4.16. The van der Waals surface area contributed by atoms with Crippen molar-refractivity contribution in [2.75, 3.05) is 5.43 Å². The largest absolute Gasteiger partial charge is 0.274 e. The standard InChI is InChI=1S/C11H7BrN6/c1-18-10-8(11(12)17-18)3-2-4-9(10)16-15-7(5-13)6-14/h2-4,16H,1H3. The van der Waals surface area contributed by atoms with Gasteiger partial charge in [0, 0.05) is 12.4 Å². The van der Waals surface area contributed by atoms with Gasteiger partial charge in [-0.15, -0.1) is 0 Å². The summed E-state index contributed by atoms with van der Waals surface area (Å²) in [5, 5.41) is 26.1. The summed E-state index contributed by atoms with van der Waals surface area (Å²) in [6, 6.07) is 8.92. The first-order chi connectivity index (χ1) is 8.67. The van der Waals surface area contributed by atoms with E-state index in [1.165, 1.54) is 0 Å². The third-order valence-electron chi connectivity index (χ3n) is 2.32. The molecule has 0 radical (unpaired) electrons. The molecule has 7 heteroatoms. The van der Waals surface area contributed by atoms with Crippen molar-refractivity contribution < 1.29 is 0 Å². The van der Waals surface area contributed by atoms with Crippen LogP contribution in [-0.4, -0.2) is 15.5 Å². The Morgan fingerprint density at radius 1 is 1.44 bits per heavy atom. The number of hydrogen-bond acceptors (Lipinski definition) is 5. The van der Waals surface area contributed by atoms with Crippen LogP contribution in [0, 0.1) is 22.7 Å². The maximum Gasteiger partial charge on any atom is 0.237 e. The Bertz CT molecular complexity index is 699. The minimum absolute atomic E-state index is 0.228. The van der Waals surface area contributed by atoms with Crippen LogP contribution in [0.4, 0.5) is 5.69 Å². The molecule has 0 amide bonds. The van der Waals surface area contributed by atoms with Gasteiger partial charge in [-0.3, -0.25) is 10.1 Å². The summed E-state index contributed by atoms with van der Waals surface area (Å²) in [5.41, 5.74) is 3.99. The highest BCUT2D eigenvalue weighted by atomic mass is 79.9. The van der Waals surface area contributed by atoms with Gasteiger partial charge in [-0.1, -0.05) is 6.07 Å². The summed E-state index contributed by atoms with van der Waals surface area (Å²) in [7, 11) is 1.80. The van der Waals surface area contributed by atoms with Crippen molar-refractivity contribution in [1.82, 2.24) is 9.78 Å². The van der Waals surface area contributed by atoms with Crippen molar-refractivity contribution in [1.29, 1.82) is 10.5 Å². The molecule has 88 valence electrons. The van der Waals surface area contributed by atoms with Gasteiger partial charge in [0.05, 0.1) is 11.2 Å². The van der Waals surface area contributed by atoms with Gasteiger partial charge in [-0.2, -0.15) is 20.7 Å². The van der Waals surface area contributed by atoms with Crippen LogP contribution >= 0.6 is 15.9 Å². The molecule has 2 rings (SSSR count). The van der Waals surface area contributed by atoms with E-state index in [9.17, 15) is 0 Å². The second-order valence-electron chi connectivity index (χ2n) is 3.41. The van der Waals surface area contributed by atoms with Gasteiger partial charge in [-0.25, -0.2) is 0 Å². The number of aryl methyl sites for hydroxylation is 1. The number of benzene rings is 1. The van der Waals surface area contributed by atoms with Crippen LogP contribution < -0.4 is 5.43 Å². The van der Waals surface area contributed by atoms with E-state index in [-0.39, 0.29) is 5.71 Å². The Morgan fingerprint density at radius 2 is 2.17 bits per heavy atom. The molecule has 6 nitrogen and oxygen atoms in total. The predicted molar refractivity (Wildman–Crippen MR) is 70.7 cm³/mol. The van der Waals surface area contributed by atoms with Gasteiger partial charge in [0.1, 0.15) is 16.7 Å². The molecule has 0 bridgehead atoms. The molecule has 0 saturated carbocycles. The van der Waals surface area contributed by atoms with E-state index >= 15 is 0 Å². The van der Waals surface area contributed by atoms with E-state index in [2.05, 4.69) is 31.6 Å². The average Bonchev–Trinajstić information content (AvgIpc) is 2.67. The Labute approximate surface area is 111 Å². The number of nitrogens with one attached hydrogen (secondary N) is 1. The fourth-order valence-corrected chi connectivity index (χ4v) is 2.13. The third-order valence-corrected chi connectivity index (χ3v) is 2.91. The first-order valence-corrected chi connectivity index (χ1v) is 5.71. The Balaban J connectivity index is 2.51. The number of hydrazone groups is 1. The smallest absolute Gasteiger partial charge is 0.237 e. The van der Waals surface area contributed by atoms with E-state index in [4.69, 9.17) is 10.5 Å². The van der Waals surface area contributed by atoms with Crippen molar-refractivity contribution in [2.24, 2.45) is 12.1 Å². The van der Waals surface area contributed by atoms with Crippen LogP contribution in [0.5, 0.6) is 0 Å². The van der Waals surface area contributed by atoms with Crippen LogP contribution in [-0.2, 0) is 7.05 Å². The predicted octanol–water partition coefficient (Wildman–Crippen LogP) is 2.15. The molecule has 0 fully saturated rings. The molecule has 18 heavy (non-hydrogen) atoms. The molecule has 0 spiro atoms. The Hall–Kier alpha value is -2.38. The van der Waals surface area contributed by atoms with Gasteiger partial charge in [-0.05, 0) is 28.1 Å². The number of nitriles is 2. The maximum absolute atomic E-state index is 8.61. The lowest BCUT2D eigenvalue weighted by atomic mass is 10.2. The summed E-state index contributed by atoms with van der Waals surface area (Å²) < 4.78 is 2.42. The summed E-state index contributed by atoms with van der Waals surface area (Å²) in [6.07, 6.45) is 0. The topological polar surface area (TPSA) is 89.8 Å². The summed E-state index contributed by atoms with van der Waals surface area (Å²) >= 11 is 3.36. The first kappa shape index (κ1) is 12.1. The average molecular weight is 303 g/mol. The fraction of sp³-hybridized carbons (Fsp3) is 0.0909. The highest BCUT2D eigenvalue weighted by molar-refractivity contribution is 9.10. The SMILES string of the molecule is Cn1nc(Br)c2cccc(NN=C(C#N)C#N)c21. The van der Waals surface area contributed by atoms with Crippen LogP contribution in [0.2, 0.25) is 0 Å². The number of anilines is 1. The fourth-order valence-electron chi connectivity index (χ4n) is 1.58. The summed E-state index contributed by atoms with van der Waals surface area (Å²) in [5.74, 6) is 0. The zero-order valence-electron chi connectivity index (χ0n) is 9.35. The number of rotatable bonds is 2. The minimum atomic E-state index is -0.228. The maximum atomic E-state index is 8.61. The summed E-state index contributed by atoms with van der Waals surface area (Å²) in [6.45, 7) is 0. The zero-order chi connectivity index (χ0) is 13.1. The highest BCUT2D eigenvalue weighted by Crippen LogP contribution is 2.28. The van der Waals surface area contributed by atoms with Crippen LogP contribution in [0.1, 0.15) is 0 Å². The normalized spacial score (nSPS) is 9.56. The van der Waals surface area contributed by atoms with Gasteiger partial charge in [0.25, 0.3) is 0 Å². The molecule has 0 aliphatic carbocycles. The monoisotopic (exact) mass is 302 g/mol. The molecule has 1 N–H and O–H groups in total.